The van der Waals surface area contributed by atoms with Crippen molar-refractivity contribution in [3.63, 3.8) is 0 Å². The molecule has 20 heavy (non-hydrogen) atoms. The molecule has 1 aromatic rings. The number of hydrogen-bond donors (Lipinski definition) is 1. The molecule has 1 unspecified atom stereocenters. The highest BCUT2D eigenvalue weighted by atomic mass is 32.1. The van der Waals surface area contributed by atoms with Crippen LogP contribution in [0.15, 0.2) is 11.4 Å². The number of piperidine rings is 1. The maximum Gasteiger partial charge on any atom is 0.0331 e. The SMILES string of the molecule is CCCC1(CN2CCc3sccc3C2C)CCNCC1. The molecule has 0 amide bonds. The quantitative estimate of drug-likeness (QED) is 0.907. The van der Waals surface area contributed by atoms with Crippen LogP contribution in [0, 0.1) is 5.41 Å². The van der Waals surface area contributed by atoms with Crippen LogP contribution in [0.25, 0.3) is 0 Å². The van der Waals surface area contributed by atoms with Crippen LogP contribution in [0.2, 0.25) is 0 Å². The molecule has 2 aliphatic rings. The third-order valence-electron chi connectivity index (χ3n) is 5.39. The van der Waals surface area contributed by atoms with E-state index in [4.69, 9.17) is 0 Å². The van der Waals surface area contributed by atoms with Crippen molar-refractivity contribution in [3.8, 4) is 0 Å². The normalized spacial score (nSPS) is 26.4. The van der Waals surface area contributed by atoms with Gasteiger partial charge in [-0.15, -0.1) is 11.3 Å². The summed E-state index contributed by atoms with van der Waals surface area (Å²) >= 11 is 1.95. The molecule has 0 saturated carbocycles. The van der Waals surface area contributed by atoms with E-state index in [1.54, 1.807) is 10.4 Å². The Morgan fingerprint density at radius 1 is 1.40 bits per heavy atom. The van der Waals surface area contributed by atoms with Crippen LogP contribution in [-0.2, 0) is 6.42 Å². The molecule has 3 rings (SSSR count). The summed E-state index contributed by atoms with van der Waals surface area (Å²) in [6, 6.07) is 2.97. The molecule has 0 bridgehead atoms. The lowest BCUT2D eigenvalue weighted by atomic mass is 9.74. The summed E-state index contributed by atoms with van der Waals surface area (Å²) in [6.07, 6.45) is 6.71. The van der Waals surface area contributed by atoms with E-state index in [9.17, 15) is 0 Å². The minimum Gasteiger partial charge on any atom is -0.317 e. The van der Waals surface area contributed by atoms with Crippen molar-refractivity contribution in [1.29, 1.82) is 0 Å². The molecule has 1 atom stereocenters. The molecule has 1 fully saturated rings. The molecule has 2 nitrogen and oxygen atoms in total. The summed E-state index contributed by atoms with van der Waals surface area (Å²) in [4.78, 5) is 4.39. The van der Waals surface area contributed by atoms with Crippen LogP contribution in [-0.4, -0.2) is 31.1 Å². The van der Waals surface area contributed by atoms with Crippen LogP contribution >= 0.6 is 11.3 Å². The van der Waals surface area contributed by atoms with E-state index in [1.165, 1.54) is 58.3 Å². The lowest BCUT2D eigenvalue weighted by Gasteiger charge is -2.44. The standard InChI is InChI=1S/C17H28N2S/c1-3-6-17(7-9-18-10-8-17)13-19-11-4-16-15(14(19)2)5-12-20-16/h5,12,14,18H,3-4,6-11,13H2,1-2H3. The van der Waals surface area contributed by atoms with Crippen LogP contribution in [0.3, 0.4) is 0 Å². The Bertz CT molecular complexity index is 428. The molecule has 1 aromatic heterocycles. The number of rotatable bonds is 4. The van der Waals surface area contributed by atoms with Crippen LogP contribution in [0.5, 0.6) is 0 Å². The van der Waals surface area contributed by atoms with E-state index in [0.717, 1.165) is 0 Å². The van der Waals surface area contributed by atoms with E-state index < -0.39 is 0 Å². The Morgan fingerprint density at radius 3 is 2.95 bits per heavy atom. The lowest BCUT2D eigenvalue weighted by Crippen LogP contribution is -2.47. The Morgan fingerprint density at radius 2 is 2.20 bits per heavy atom. The smallest absolute Gasteiger partial charge is 0.0331 e. The number of fused-ring (bicyclic) bond motifs is 1. The zero-order valence-electron chi connectivity index (χ0n) is 13.0. The molecular weight excluding hydrogens is 264 g/mol. The molecule has 2 aliphatic heterocycles. The van der Waals surface area contributed by atoms with Crippen molar-refractivity contribution in [2.45, 2.75) is 52.0 Å². The largest absolute Gasteiger partial charge is 0.317 e. The van der Waals surface area contributed by atoms with Gasteiger partial charge < -0.3 is 5.32 Å². The molecule has 3 heteroatoms. The first-order valence-corrected chi connectivity index (χ1v) is 9.13. The highest BCUT2D eigenvalue weighted by Crippen LogP contribution is 2.39. The summed E-state index contributed by atoms with van der Waals surface area (Å²) < 4.78 is 0. The van der Waals surface area contributed by atoms with E-state index in [1.807, 2.05) is 11.3 Å². The molecule has 0 aliphatic carbocycles. The highest BCUT2D eigenvalue weighted by molar-refractivity contribution is 7.10. The zero-order chi connectivity index (χ0) is 14.0. The third-order valence-corrected chi connectivity index (χ3v) is 6.38. The maximum absolute atomic E-state index is 3.54. The van der Waals surface area contributed by atoms with Crippen LogP contribution in [0.1, 0.15) is 56.0 Å². The Labute approximate surface area is 127 Å². The van der Waals surface area contributed by atoms with Gasteiger partial charge in [0.15, 0.2) is 0 Å². The van der Waals surface area contributed by atoms with Crippen molar-refractivity contribution in [2.24, 2.45) is 5.41 Å². The Balaban J connectivity index is 1.73. The molecule has 112 valence electrons. The Hall–Kier alpha value is -0.380. The molecule has 0 spiro atoms. The van der Waals surface area contributed by atoms with Gasteiger partial charge in [0.1, 0.15) is 0 Å². The van der Waals surface area contributed by atoms with Gasteiger partial charge in [0.25, 0.3) is 0 Å². The highest BCUT2D eigenvalue weighted by Gasteiger charge is 2.36. The summed E-state index contributed by atoms with van der Waals surface area (Å²) in [6.45, 7) is 9.75. The zero-order valence-corrected chi connectivity index (χ0v) is 13.8. The summed E-state index contributed by atoms with van der Waals surface area (Å²) in [5, 5.41) is 5.82. The second kappa shape index (κ2) is 6.17. The van der Waals surface area contributed by atoms with Crippen LogP contribution < -0.4 is 5.32 Å². The fourth-order valence-corrected chi connectivity index (χ4v) is 5.15. The summed E-state index contributed by atoms with van der Waals surface area (Å²) in [7, 11) is 0. The van der Waals surface area contributed by atoms with E-state index in [-0.39, 0.29) is 0 Å². The molecule has 1 N–H and O–H groups in total. The van der Waals surface area contributed by atoms with Gasteiger partial charge in [-0.1, -0.05) is 13.3 Å². The first-order chi connectivity index (χ1) is 9.74. The molecule has 0 aromatic carbocycles. The third kappa shape index (κ3) is 2.81. The number of hydrogen-bond acceptors (Lipinski definition) is 3. The lowest BCUT2D eigenvalue weighted by molar-refractivity contribution is 0.0730. The van der Waals surface area contributed by atoms with E-state index >= 15 is 0 Å². The monoisotopic (exact) mass is 292 g/mol. The van der Waals surface area contributed by atoms with Gasteiger partial charge in [-0.3, -0.25) is 4.90 Å². The number of nitrogens with one attached hydrogen (secondary N) is 1. The average Bonchev–Trinajstić information content (AvgIpc) is 2.93. The second-order valence-electron chi connectivity index (χ2n) is 6.70. The summed E-state index contributed by atoms with van der Waals surface area (Å²) in [5.74, 6) is 0. The maximum atomic E-state index is 3.54. The molecular formula is C17H28N2S. The van der Waals surface area contributed by atoms with E-state index in [0.29, 0.717) is 11.5 Å². The van der Waals surface area contributed by atoms with Gasteiger partial charge in [-0.2, -0.15) is 0 Å². The van der Waals surface area contributed by atoms with Crippen LogP contribution in [0.4, 0.5) is 0 Å². The van der Waals surface area contributed by atoms with Gasteiger partial charge in [0, 0.05) is 24.0 Å². The molecule has 0 radical (unpaired) electrons. The van der Waals surface area contributed by atoms with Crippen molar-refractivity contribution < 1.29 is 0 Å². The second-order valence-corrected chi connectivity index (χ2v) is 7.70. The van der Waals surface area contributed by atoms with Gasteiger partial charge in [-0.05, 0) is 68.1 Å². The molecule has 3 heterocycles. The van der Waals surface area contributed by atoms with Crippen molar-refractivity contribution in [3.05, 3.63) is 21.9 Å². The summed E-state index contributed by atoms with van der Waals surface area (Å²) in [5.41, 5.74) is 2.17. The minimum absolute atomic E-state index is 0.571. The van der Waals surface area contributed by atoms with Crippen molar-refractivity contribution in [1.82, 2.24) is 10.2 Å². The van der Waals surface area contributed by atoms with Gasteiger partial charge in [-0.25, -0.2) is 0 Å². The fraction of sp³-hybridized carbons (Fsp3) is 0.765. The van der Waals surface area contributed by atoms with Crippen molar-refractivity contribution in [2.75, 3.05) is 26.2 Å². The average molecular weight is 292 g/mol. The van der Waals surface area contributed by atoms with E-state index in [2.05, 4.69) is 35.5 Å². The predicted octanol–water partition coefficient (Wildman–Crippen LogP) is 3.84. The molecule has 1 saturated heterocycles. The minimum atomic E-state index is 0.571. The number of nitrogens with zero attached hydrogens (tertiary/aromatic N) is 1. The Kier molecular flexibility index (Phi) is 4.49. The topological polar surface area (TPSA) is 15.3 Å². The first-order valence-electron chi connectivity index (χ1n) is 8.25. The number of thiophene rings is 1. The van der Waals surface area contributed by atoms with Crippen molar-refractivity contribution >= 4 is 11.3 Å². The van der Waals surface area contributed by atoms with Gasteiger partial charge >= 0.3 is 0 Å². The first kappa shape index (κ1) is 14.6. The predicted molar refractivity (Wildman–Crippen MR) is 87.5 cm³/mol. The van der Waals surface area contributed by atoms with Gasteiger partial charge in [0.05, 0.1) is 0 Å². The van der Waals surface area contributed by atoms with Gasteiger partial charge in [0.2, 0.25) is 0 Å². The fourth-order valence-electron chi connectivity index (χ4n) is 4.18.